The first kappa shape index (κ1) is 20.6. The average molecular weight is 383 g/mol. The summed E-state index contributed by atoms with van der Waals surface area (Å²) < 4.78 is 5.11. The third kappa shape index (κ3) is 6.56. The molecular weight excluding hydrogens is 362 g/mol. The van der Waals surface area contributed by atoms with Crippen molar-refractivity contribution < 1.29 is 18.9 Å². The number of nitro benzene ring substituents is 1. The molecule has 146 valence electrons. The van der Waals surface area contributed by atoms with Gasteiger partial charge in [-0.1, -0.05) is 25.5 Å². The molecule has 0 fully saturated rings. The van der Waals surface area contributed by atoms with Crippen LogP contribution >= 0.6 is 0 Å². The maximum absolute atomic E-state index is 12.4. The van der Waals surface area contributed by atoms with E-state index in [1.807, 2.05) is 6.92 Å². The van der Waals surface area contributed by atoms with Crippen molar-refractivity contribution in [2.24, 2.45) is 0 Å². The summed E-state index contributed by atoms with van der Waals surface area (Å²) in [7, 11) is 0. The van der Waals surface area contributed by atoms with Crippen molar-refractivity contribution >= 4 is 29.7 Å². The van der Waals surface area contributed by atoms with Crippen molar-refractivity contribution in [1.82, 2.24) is 10.6 Å². The fourth-order valence-corrected chi connectivity index (χ4v) is 2.25. The van der Waals surface area contributed by atoms with Crippen LogP contribution in [0.4, 0.5) is 5.69 Å². The van der Waals surface area contributed by atoms with Crippen molar-refractivity contribution in [3.63, 3.8) is 0 Å². The summed E-state index contributed by atoms with van der Waals surface area (Å²) in [5.74, 6) is -0.509. The zero-order valence-electron chi connectivity index (χ0n) is 15.4. The molecule has 0 radical (unpaired) electrons. The highest BCUT2D eigenvalue weighted by Gasteiger charge is 2.13. The van der Waals surface area contributed by atoms with Crippen LogP contribution in [0, 0.1) is 10.1 Å². The second-order valence-corrected chi connectivity index (χ2v) is 5.86. The minimum Gasteiger partial charge on any atom is -0.465 e. The lowest BCUT2D eigenvalue weighted by atomic mass is 10.1. The number of carbonyl (C=O) groups excluding carboxylic acids is 2. The topological polar surface area (TPSA) is 114 Å². The highest BCUT2D eigenvalue weighted by Crippen LogP contribution is 2.15. The van der Waals surface area contributed by atoms with E-state index in [0.717, 1.165) is 12.8 Å². The van der Waals surface area contributed by atoms with Crippen LogP contribution in [-0.4, -0.2) is 23.3 Å². The van der Waals surface area contributed by atoms with E-state index in [1.165, 1.54) is 42.7 Å². The summed E-state index contributed by atoms with van der Waals surface area (Å²) in [5, 5.41) is 16.2. The highest BCUT2D eigenvalue weighted by molar-refractivity contribution is 6.04. The van der Waals surface area contributed by atoms with Crippen LogP contribution in [0.5, 0.6) is 0 Å². The van der Waals surface area contributed by atoms with E-state index in [4.69, 9.17) is 4.42 Å². The second-order valence-electron chi connectivity index (χ2n) is 5.86. The van der Waals surface area contributed by atoms with Crippen LogP contribution in [0.15, 0.2) is 58.9 Å². The Bertz CT molecular complexity index is 885. The highest BCUT2D eigenvalue weighted by atomic mass is 16.6. The normalized spacial score (nSPS) is 11.4. The first-order valence-corrected chi connectivity index (χ1v) is 8.76. The maximum Gasteiger partial charge on any atom is 0.270 e. The standard InChI is InChI=1S/C20H21N3O5/c1-2-3-11-21-20(25)18(14-15-6-4-7-16(13-15)23(26)27)22-19(24)10-9-17-8-5-12-28-17/h4-10,12-14H,2-3,11H2,1H3,(H,21,25)(H,22,24)/b10-9+,18-14+. The first-order chi connectivity index (χ1) is 13.5. The van der Waals surface area contributed by atoms with E-state index in [-0.39, 0.29) is 11.4 Å². The molecule has 2 rings (SSSR count). The number of hydrogen-bond donors (Lipinski definition) is 2. The average Bonchev–Trinajstić information content (AvgIpc) is 3.20. The third-order valence-corrected chi connectivity index (χ3v) is 3.65. The number of furan rings is 1. The van der Waals surface area contributed by atoms with Gasteiger partial charge in [0.1, 0.15) is 11.5 Å². The molecule has 0 saturated heterocycles. The quantitative estimate of drug-likeness (QED) is 0.298. The largest absolute Gasteiger partial charge is 0.465 e. The molecule has 28 heavy (non-hydrogen) atoms. The first-order valence-electron chi connectivity index (χ1n) is 8.76. The van der Waals surface area contributed by atoms with Gasteiger partial charge >= 0.3 is 0 Å². The predicted molar refractivity (Wildman–Crippen MR) is 105 cm³/mol. The molecule has 0 aliphatic heterocycles. The molecule has 0 saturated carbocycles. The number of carbonyl (C=O) groups is 2. The van der Waals surface area contributed by atoms with Gasteiger partial charge in [-0.25, -0.2) is 0 Å². The van der Waals surface area contributed by atoms with Gasteiger partial charge in [-0.2, -0.15) is 0 Å². The van der Waals surface area contributed by atoms with Crippen molar-refractivity contribution in [2.45, 2.75) is 19.8 Å². The Balaban J connectivity index is 2.20. The second kappa shape index (κ2) is 10.5. The summed E-state index contributed by atoms with van der Waals surface area (Å²) in [6.07, 6.45) is 7.28. The van der Waals surface area contributed by atoms with Gasteiger partial charge in [0.05, 0.1) is 11.2 Å². The van der Waals surface area contributed by atoms with E-state index < -0.39 is 16.7 Å². The molecule has 2 N–H and O–H groups in total. The Morgan fingerprint density at radius 2 is 2.07 bits per heavy atom. The van der Waals surface area contributed by atoms with E-state index >= 15 is 0 Å². The maximum atomic E-state index is 12.4. The van der Waals surface area contributed by atoms with E-state index in [2.05, 4.69) is 10.6 Å². The minimum atomic E-state index is -0.529. The summed E-state index contributed by atoms with van der Waals surface area (Å²) in [5.41, 5.74) is 0.305. The lowest BCUT2D eigenvalue weighted by Gasteiger charge is -2.09. The van der Waals surface area contributed by atoms with Gasteiger partial charge in [-0.15, -0.1) is 0 Å². The van der Waals surface area contributed by atoms with Crippen LogP contribution in [0.3, 0.4) is 0 Å². The number of nitrogens with one attached hydrogen (secondary N) is 2. The number of nitrogens with zero attached hydrogens (tertiary/aromatic N) is 1. The Labute approximate surface area is 162 Å². The molecule has 8 nitrogen and oxygen atoms in total. The van der Waals surface area contributed by atoms with Crippen molar-refractivity contribution in [2.75, 3.05) is 6.54 Å². The van der Waals surface area contributed by atoms with E-state index in [0.29, 0.717) is 17.9 Å². The number of non-ortho nitro benzene ring substituents is 1. The number of unbranched alkanes of at least 4 members (excludes halogenated alkanes) is 1. The SMILES string of the molecule is CCCCNC(=O)/C(=C\c1cccc([N+](=O)[O-])c1)NC(=O)/C=C/c1ccco1. The Kier molecular flexibility index (Phi) is 7.71. The molecule has 0 unspecified atom stereocenters. The Hall–Kier alpha value is -3.68. The lowest BCUT2D eigenvalue weighted by Crippen LogP contribution is -2.34. The predicted octanol–water partition coefficient (Wildman–Crippen LogP) is 3.27. The van der Waals surface area contributed by atoms with Gasteiger partial charge in [0.2, 0.25) is 5.91 Å². The van der Waals surface area contributed by atoms with E-state index in [1.54, 1.807) is 18.2 Å². The molecule has 2 amide bonds. The van der Waals surface area contributed by atoms with Crippen LogP contribution in [0.25, 0.3) is 12.2 Å². The van der Waals surface area contributed by atoms with Crippen LogP contribution in [-0.2, 0) is 9.59 Å². The van der Waals surface area contributed by atoms with Gasteiger partial charge in [-0.3, -0.25) is 19.7 Å². The molecule has 0 spiro atoms. The van der Waals surface area contributed by atoms with Crippen LogP contribution in [0.1, 0.15) is 31.1 Å². The summed E-state index contributed by atoms with van der Waals surface area (Å²) in [6, 6.07) is 9.16. The van der Waals surface area contributed by atoms with Gasteiger partial charge in [0, 0.05) is 24.8 Å². The summed E-state index contributed by atoms with van der Waals surface area (Å²) in [6.45, 7) is 2.45. The lowest BCUT2D eigenvalue weighted by molar-refractivity contribution is -0.384. The van der Waals surface area contributed by atoms with Gasteiger partial charge in [-0.05, 0) is 36.3 Å². The number of hydrogen-bond acceptors (Lipinski definition) is 5. The number of benzene rings is 1. The minimum absolute atomic E-state index is 0.00861. The van der Waals surface area contributed by atoms with Crippen molar-refractivity contribution in [3.8, 4) is 0 Å². The smallest absolute Gasteiger partial charge is 0.270 e. The zero-order chi connectivity index (χ0) is 20.4. The third-order valence-electron chi connectivity index (χ3n) is 3.65. The Morgan fingerprint density at radius 3 is 2.75 bits per heavy atom. The molecule has 0 aliphatic rings. The van der Waals surface area contributed by atoms with Gasteiger partial charge in [0.15, 0.2) is 0 Å². The molecule has 1 heterocycles. The number of nitro groups is 1. The molecule has 0 aliphatic carbocycles. The number of rotatable bonds is 9. The molecule has 1 aromatic carbocycles. The fraction of sp³-hybridized carbons (Fsp3) is 0.200. The molecule has 8 heteroatoms. The summed E-state index contributed by atoms with van der Waals surface area (Å²) in [4.78, 5) is 35.0. The molecular formula is C20H21N3O5. The Morgan fingerprint density at radius 1 is 1.25 bits per heavy atom. The van der Waals surface area contributed by atoms with Crippen molar-refractivity contribution in [3.05, 3.63) is 75.9 Å². The molecule has 0 atom stereocenters. The molecule has 0 bridgehead atoms. The fourth-order valence-electron chi connectivity index (χ4n) is 2.25. The number of amides is 2. The zero-order valence-corrected chi connectivity index (χ0v) is 15.4. The molecule has 1 aromatic heterocycles. The van der Waals surface area contributed by atoms with Crippen LogP contribution < -0.4 is 10.6 Å². The van der Waals surface area contributed by atoms with Gasteiger partial charge < -0.3 is 15.1 Å². The van der Waals surface area contributed by atoms with Crippen LogP contribution in [0.2, 0.25) is 0 Å². The molecule has 2 aromatic rings. The van der Waals surface area contributed by atoms with E-state index in [9.17, 15) is 19.7 Å². The van der Waals surface area contributed by atoms with Gasteiger partial charge in [0.25, 0.3) is 11.6 Å². The monoisotopic (exact) mass is 383 g/mol. The van der Waals surface area contributed by atoms with Crippen molar-refractivity contribution in [1.29, 1.82) is 0 Å². The summed E-state index contributed by atoms with van der Waals surface area (Å²) >= 11 is 0.